The third-order valence-corrected chi connectivity index (χ3v) is 5.08. The number of aryl methyl sites for hydroxylation is 1. The van der Waals surface area contributed by atoms with Crippen molar-refractivity contribution in [1.29, 1.82) is 0 Å². The Bertz CT molecular complexity index is 944. The summed E-state index contributed by atoms with van der Waals surface area (Å²) in [5.74, 6) is -1.43. The van der Waals surface area contributed by atoms with Crippen LogP contribution in [0.2, 0.25) is 5.02 Å². The average molecular weight is 433 g/mol. The molecule has 1 aromatic heterocycles. The van der Waals surface area contributed by atoms with Crippen LogP contribution in [0.3, 0.4) is 0 Å². The fourth-order valence-corrected chi connectivity index (χ4v) is 3.50. The Hall–Kier alpha value is -2.91. The van der Waals surface area contributed by atoms with Crippen molar-refractivity contribution in [1.82, 2.24) is 25.7 Å². The summed E-state index contributed by atoms with van der Waals surface area (Å²) < 4.78 is 1.47. The molecule has 3 amide bonds. The zero-order valence-electron chi connectivity index (χ0n) is 16.9. The highest BCUT2D eigenvalue weighted by Gasteiger charge is 2.29. The first-order valence-electron chi connectivity index (χ1n) is 9.81. The zero-order valence-corrected chi connectivity index (χ0v) is 17.6. The fraction of sp³-hybridized carbons (Fsp3) is 0.400. The van der Waals surface area contributed by atoms with Gasteiger partial charge in [-0.15, -0.1) is 0 Å². The Morgan fingerprint density at radius 3 is 2.80 bits per heavy atom. The van der Waals surface area contributed by atoms with Gasteiger partial charge in [-0.25, -0.2) is 4.68 Å². The molecule has 2 unspecified atom stereocenters. The first kappa shape index (κ1) is 21.8. The minimum Gasteiger partial charge on any atom is -0.344 e. The molecule has 2 aromatic rings. The number of benzene rings is 1. The summed E-state index contributed by atoms with van der Waals surface area (Å²) in [5, 5.41) is 16.1. The van der Waals surface area contributed by atoms with E-state index in [-0.39, 0.29) is 18.5 Å². The number of carbonyl (C=O) groups excluding carboxylic acids is 3. The molecule has 0 saturated carbocycles. The van der Waals surface area contributed by atoms with Gasteiger partial charge in [0.25, 0.3) is 0 Å². The van der Waals surface area contributed by atoms with Gasteiger partial charge in [0.1, 0.15) is 5.82 Å². The number of amides is 3. The van der Waals surface area contributed by atoms with Gasteiger partial charge in [0.2, 0.25) is 5.91 Å². The highest BCUT2D eigenvalue weighted by molar-refractivity contribution is 6.39. The summed E-state index contributed by atoms with van der Waals surface area (Å²) in [4.78, 5) is 36.7. The van der Waals surface area contributed by atoms with Crippen molar-refractivity contribution in [2.45, 2.75) is 52.0 Å². The molecule has 1 saturated heterocycles. The summed E-state index contributed by atoms with van der Waals surface area (Å²) in [7, 11) is 0. The molecule has 1 fully saturated rings. The van der Waals surface area contributed by atoms with Crippen LogP contribution in [-0.2, 0) is 20.9 Å². The first-order chi connectivity index (χ1) is 14.4. The summed E-state index contributed by atoms with van der Waals surface area (Å²) in [6, 6.07) is 8.71. The Morgan fingerprint density at radius 2 is 2.07 bits per heavy atom. The molecule has 30 heavy (non-hydrogen) atoms. The third-order valence-electron chi connectivity index (χ3n) is 4.71. The SMILES string of the molecule is CCCC1CC(=O)NC(n2nc(C)cc2NC(=O)C(=O)NCc2ccccc2Cl)N1. The number of hydrogen-bond acceptors (Lipinski definition) is 5. The van der Waals surface area contributed by atoms with Gasteiger partial charge in [-0.3, -0.25) is 19.7 Å². The Morgan fingerprint density at radius 1 is 1.30 bits per heavy atom. The molecule has 0 aliphatic carbocycles. The number of halogens is 1. The molecule has 2 atom stereocenters. The molecule has 1 aromatic carbocycles. The van der Waals surface area contributed by atoms with Crippen LogP contribution in [0.15, 0.2) is 30.3 Å². The van der Waals surface area contributed by atoms with Crippen LogP contribution in [0, 0.1) is 6.92 Å². The van der Waals surface area contributed by atoms with Gasteiger partial charge in [0.05, 0.1) is 5.69 Å². The smallest absolute Gasteiger partial charge is 0.314 e. The molecule has 1 aliphatic heterocycles. The normalized spacial score (nSPS) is 18.6. The van der Waals surface area contributed by atoms with Crippen molar-refractivity contribution in [3.05, 3.63) is 46.6 Å². The fourth-order valence-electron chi connectivity index (χ4n) is 3.30. The van der Waals surface area contributed by atoms with E-state index in [9.17, 15) is 14.4 Å². The van der Waals surface area contributed by atoms with Gasteiger partial charge in [-0.05, 0) is 25.0 Å². The van der Waals surface area contributed by atoms with Crippen molar-refractivity contribution >= 4 is 35.1 Å². The number of hydrogen-bond donors (Lipinski definition) is 4. The number of aromatic nitrogens is 2. The second-order valence-electron chi connectivity index (χ2n) is 7.17. The molecule has 1 aliphatic rings. The predicted molar refractivity (Wildman–Crippen MR) is 113 cm³/mol. The van der Waals surface area contributed by atoms with Crippen molar-refractivity contribution < 1.29 is 14.4 Å². The zero-order chi connectivity index (χ0) is 21.7. The van der Waals surface area contributed by atoms with Crippen LogP contribution in [0.25, 0.3) is 0 Å². The maximum Gasteiger partial charge on any atom is 0.314 e. The van der Waals surface area contributed by atoms with E-state index in [1.807, 2.05) is 6.92 Å². The number of carbonyl (C=O) groups is 3. The summed E-state index contributed by atoms with van der Waals surface area (Å²) in [6.07, 6.45) is 1.55. The third kappa shape index (κ3) is 5.37. The van der Waals surface area contributed by atoms with Crippen molar-refractivity contribution in [2.24, 2.45) is 0 Å². The van der Waals surface area contributed by atoms with Crippen LogP contribution in [0.4, 0.5) is 5.82 Å². The minimum absolute atomic E-state index is 0.0146. The molecule has 2 heterocycles. The monoisotopic (exact) mass is 432 g/mol. The molecule has 9 nitrogen and oxygen atoms in total. The van der Waals surface area contributed by atoms with E-state index in [2.05, 4.69) is 26.4 Å². The molecule has 0 spiro atoms. The summed E-state index contributed by atoms with van der Waals surface area (Å²) in [6.45, 7) is 3.94. The Labute approximate surface area is 179 Å². The standard InChI is InChI=1S/C20H25ClN6O3/c1-3-6-14-10-17(28)25-20(23-14)27-16(9-12(2)26-27)24-19(30)18(29)22-11-13-7-4-5-8-15(13)21/h4-5,7-9,14,20,23H,3,6,10-11H2,1-2H3,(H,22,29)(H,24,30)(H,25,28). The highest BCUT2D eigenvalue weighted by Crippen LogP contribution is 2.19. The average Bonchev–Trinajstić information content (AvgIpc) is 3.07. The second-order valence-corrected chi connectivity index (χ2v) is 7.58. The van der Waals surface area contributed by atoms with Crippen LogP contribution < -0.4 is 21.3 Å². The van der Waals surface area contributed by atoms with E-state index in [4.69, 9.17) is 11.6 Å². The van der Waals surface area contributed by atoms with Gasteiger partial charge in [0.15, 0.2) is 6.29 Å². The van der Waals surface area contributed by atoms with E-state index in [0.29, 0.717) is 28.5 Å². The minimum atomic E-state index is -0.838. The van der Waals surface area contributed by atoms with E-state index >= 15 is 0 Å². The highest BCUT2D eigenvalue weighted by atomic mass is 35.5. The molecule has 3 rings (SSSR count). The van der Waals surface area contributed by atoms with Crippen LogP contribution in [0.1, 0.15) is 43.7 Å². The molecule has 0 bridgehead atoms. The number of anilines is 1. The quantitative estimate of drug-likeness (QED) is 0.519. The Balaban J connectivity index is 1.66. The molecular formula is C20H25ClN6O3. The number of nitrogens with zero attached hydrogens (tertiary/aromatic N) is 2. The number of nitrogens with one attached hydrogen (secondary N) is 4. The lowest BCUT2D eigenvalue weighted by atomic mass is 10.1. The topological polar surface area (TPSA) is 117 Å². The molecule has 0 radical (unpaired) electrons. The van der Waals surface area contributed by atoms with Gasteiger partial charge in [0, 0.05) is 30.1 Å². The van der Waals surface area contributed by atoms with E-state index in [1.54, 1.807) is 37.3 Å². The van der Waals surface area contributed by atoms with Gasteiger partial charge < -0.3 is 16.0 Å². The predicted octanol–water partition coefficient (Wildman–Crippen LogP) is 1.83. The van der Waals surface area contributed by atoms with Gasteiger partial charge in [-0.2, -0.15) is 5.10 Å². The summed E-state index contributed by atoms with van der Waals surface area (Å²) >= 11 is 6.07. The second kappa shape index (κ2) is 9.73. The molecule has 160 valence electrons. The largest absolute Gasteiger partial charge is 0.344 e. The lowest BCUT2D eigenvalue weighted by molar-refractivity contribution is -0.136. The van der Waals surface area contributed by atoms with Crippen molar-refractivity contribution in [2.75, 3.05) is 5.32 Å². The Kier molecular flexibility index (Phi) is 7.07. The van der Waals surface area contributed by atoms with Gasteiger partial charge in [-0.1, -0.05) is 43.1 Å². The maximum absolute atomic E-state index is 12.4. The lowest BCUT2D eigenvalue weighted by Crippen LogP contribution is -2.53. The molecular weight excluding hydrogens is 408 g/mol. The number of rotatable bonds is 6. The van der Waals surface area contributed by atoms with Crippen LogP contribution in [-0.4, -0.2) is 33.5 Å². The lowest BCUT2D eigenvalue weighted by Gasteiger charge is -2.32. The van der Waals surface area contributed by atoms with Gasteiger partial charge >= 0.3 is 11.8 Å². The molecule has 10 heteroatoms. The van der Waals surface area contributed by atoms with Crippen LogP contribution >= 0.6 is 11.6 Å². The van der Waals surface area contributed by atoms with Crippen molar-refractivity contribution in [3.8, 4) is 0 Å². The summed E-state index contributed by atoms with van der Waals surface area (Å²) in [5.41, 5.74) is 1.34. The van der Waals surface area contributed by atoms with E-state index in [1.165, 1.54) is 4.68 Å². The van der Waals surface area contributed by atoms with E-state index < -0.39 is 18.1 Å². The van der Waals surface area contributed by atoms with Crippen LogP contribution in [0.5, 0.6) is 0 Å². The molecule has 4 N–H and O–H groups in total. The first-order valence-corrected chi connectivity index (χ1v) is 10.2. The van der Waals surface area contributed by atoms with E-state index in [0.717, 1.165) is 12.8 Å². The van der Waals surface area contributed by atoms with Crippen molar-refractivity contribution in [3.63, 3.8) is 0 Å². The maximum atomic E-state index is 12.4.